The van der Waals surface area contributed by atoms with Crippen molar-refractivity contribution in [2.45, 2.75) is 32.4 Å². The van der Waals surface area contributed by atoms with Crippen LogP contribution >= 0.6 is 11.6 Å². The van der Waals surface area contributed by atoms with Crippen LogP contribution in [0.5, 0.6) is 11.5 Å². The van der Waals surface area contributed by atoms with Gasteiger partial charge in [-0.3, -0.25) is 13.9 Å². The molecule has 2 amide bonds. The van der Waals surface area contributed by atoms with Crippen LogP contribution in [0.3, 0.4) is 0 Å². The van der Waals surface area contributed by atoms with Crippen molar-refractivity contribution in [3.63, 3.8) is 0 Å². The first kappa shape index (κ1) is 31.8. The second-order valence-corrected chi connectivity index (χ2v) is 11.8. The van der Waals surface area contributed by atoms with Gasteiger partial charge < -0.3 is 19.7 Å². The lowest BCUT2D eigenvalue weighted by atomic mass is 10.0. The fourth-order valence-corrected chi connectivity index (χ4v) is 5.40. The molecule has 0 bridgehead atoms. The van der Waals surface area contributed by atoms with Crippen molar-refractivity contribution < 1.29 is 27.5 Å². The molecule has 0 heterocycles. The molecule has 0 fully saturated rings. The van der Waals surface area contributed by atoms with Crippen LogP contribution in [0.4, 0.5) is 5.69 Å². The number of carbonyl (C=O) groups excluding carboxylic acids is 2. The number of carbonyl (C=O) groups is 2. The molecular weight excluding hydrogens is 566 g/mol. The Balaban J connectivity index is 2.10. The number of nitrogens with one attached hydrogen (secondary N) is 1. The maximum absolute atomic E-state index is 14.2. The second kappa shape index (κ2) is 14.7. The second-order valence-electron chi connectivity index (χ2n) is 9.46. The summed E-state index contributed by atoms with van der Waals surface area (Å²) in [5.41, 5.74) is 1.68. The van der Waals surface area contributed by atoms with Gasteiger partial charge in [0.1, 0.15) is 24.1 Å². The van der Waals surface area contributed by atoms with Crippen molar-refractivity contribution in [2.24, 2.45) is 0 Å². The van der Waals surface area contributed by atoms with Gasteiger partial charge in [0.2, 0.25) is 21.8 Å². The van der Waals surface area contributed by atoms with Crippen molar-refractivity contribution in [3.05, 3.63) is 88.9 Å². The van der Waals surface area contributed by atoms with E-state index < -0.39 is 28.5 Å². The summed E-state index contributed by atoms with van der Waals surface area (Å²) in [6.45, 7) is 1.82. The van der Waals surface area contributed by atoms with Gasteiger partial charge in [-0.1, -0.05) is 61.0 Å². The van der Waals surface area contributed by atoms with Crippen molar-refractivity contribution >= 4 is 39.1 Å². The van der Waals surface area contributed by atoms with E-state index >= 15 is 0 Å². The smallest absolute Gasteiger partial charge is 0.244 e. The molecule has 3 aromatic rings. The number of benzene rings is 3. The van der Waals surface area contributed by atoms with Crippen LogP contribution in [0, 0.1) is 0 Å². The largest absolute Gasteiger partial charge is 0.497 e. The standard InChI is InChI=1S/C30H36ClN3O6S/c1-5-16-32-30(36)27(18-22-10-7-6-8-11-22)33(20-23-12-9-13-24(31)17-23)29(35)21-34(41(4,37)38)26-19-25(39-2)14-15-28(26)40-3/h6-15,17,19,27H,5,16,18,20-21H2,1-4H3,(H,32,36)/t27-/m1/s1. The van der Waals surface area contributed by atoms with Gasteiger partial charge in [0.25, 0.3) is 0 Å². The normalized spacial score (nSPS) is 11.8. The number of ether oxygens (including phenoxy) is 2. The number of halogens is 1. The van der Waals surface area contributed by atoms with Gasteiger partial charge in [0.15, 0.2) is 0 Å². The van der Waals surface area contributed by atoms with E-state index in [0.29, 0.717) is 29.3 Å². The SMILES string of the molecule is CCCNC(=O)[C@@H](Cc1ccccc1)N(Cc1cccc(Cl)c1)C(=O)CN(c1cc(OC)ccc1OC)S(C)(=O)=O. The number of amides is 2. The fraction of sp³-hybridized carbons (Fsp3) is 0.333. The minimum absolute atomic E-state index is 0.0310. The lowest BCUT2D eigenvalue weighted by molar-refractivity contribution is -0.140. The Hall–Kier alpha value is -3.76. The highest BCUT2D eigenvalue weighted by atomic mass is 35.5. The molecule has 41 heavy (non-hydrogen) atoms. The lowest BCUT2D eigenvalue weighted by Gasteiger charge is -2.33. The van der Waals surface area contributed by atoms with E-state index in [-0.39, 0.29) is 30.3 Å². The lowest BCUT2D eigenvalue weighted by Crippen LogP contribution is -2.53. The monoisotopic (exact) mass is 601 g/mol. The molecule has 0 saturated heterocycles. The molecule has 0 spiro atoms. The first-order chi connectivity index (χ1) is 19.6. The molecule has 0 aliphatic carbocycles. The van der Waals surface area contributed by atoms with E-state index in [4.69, 9.17) is 21.1 Å². The van der Waals surface area contributed by atoms with Crippen molar-refractivity contribution in [1.82, 2.24) is 10.2 Å². The summed E-state index contributed by atoms with van der Waals surface area (Å²) in [5, 5.41) is 3.38. The van der Waals surface area contributed by atoms with Crippen molar-refractivity contribution in [1.29, 1.82) is 0 Å². The van der Waals surface area contributed by atoms with Gasteiger partial charge in [0.05, 0.1) is 26.2 Å². The van der Waals surface area contributed by atoms with E-state index in [9.17, 15) is 18.0 Å². The maximum atomic E-state index is 14.2. The Labute approximate surface area is 247 Å². The first-order valence-corrected chi connectivity index (χ1v) is 15.3. The van der Waals surface area contributed by atoms with Gasteiger partial charge in [-0.05, 0) is 41.8 Å². The Bertz CT molecular complexity index is 1440. The Morgan fingerprint density at radius 3 is 2.27 bits per heavy atom. The molecule has 1 atom stereocenters. The van der Waals surface area contributed by atoms with Crippen molar-refractivity contribution in [2.75, 3.05) is 37.9 Å². The van der Waals surface area contributed by atoms with E-state index in [1.165, 1.54) is 25.2 Å². The number of anilines is 1. The summed E-state index contributed by atoms with van der Waals surface area (Å²) >= 11 is 6.24. The van der Waals surface area contributed by atoms with Gasteiger partial charge in [0, 0.05) is 30.6 Å². The van der Waals surface area contributed by atoms with Gasteiger partial charge in [-0.15, -0.1) is 0 Å². The zero-order valence-electron chi connectivity index (χ0n) is 23.7. The van der Waals surface area contributed by atoms with Crippen LogP contribution < -0.4 is 19.1 Å². The predicted molar refractivity (Wildman–Crippen MR) is 161 cm³/mol. The summed E-state index contributed by atoms with van der Waals surface area (Å²) < 4.78 is 37.8. The summed E-state index contributed by atoms with van der Waals surface area (Å²) in [6, 6.07) is 20.1. The van der Waals surface area contributed by atoms with E-state index in [0.717, 1.165) is 16.1 Å². The molecule has 0 aromatic heterocycles. The predicted octanol–water partition coefficient (Wildman–Crippen LogP) is 4.29. The molecular formula is C30H36ClN3O6S. The number of methoxy groups -OCH3 is 2. The number of nitrogens with zero attached hydrogens (tertiary/aromatic N) is 2. The first-order valence-electron chi connectivity index (χ1n) is 13.1. The van der Waals surface area contributed by atoms with Crippen LogP contribution in [-0.4, -0.2) is 64.7 Å². The van der Waals surface area contributed by atoms with Crippen LogP contribution in [0.1, 0.15) is 24.5 Å². The minimum Gasteiger partial charge on any atom is -0.497 e. The third-order valence-electron chi connectivity index (χ3n) is 6.40. The van der Waals surface area contributed by atoms with Crippen LogP contribution in [0.25, 0.3) is 0 Å². The molecule has 0 radical (unpaired) electrons. The van der Waals surface area contributed by atoms with E-state index in [2.05, 4.69) is 5.32 Å². The Kier molecular flexibility index (Phi) is 11.4. The summed E-state index contributed by atoms with van der Waals surface area (Å²) in [6.07, 6.45) is 1.95. The van der Waals surface area contributed by atoms with Gasteiger partial charge in [-0.2, -0.15) is 0 Å². The molecule has 0 unspecified atom stereocenters. The molecule has 11 heteroatoms. The zero-order valence-corrected chi connectivity index (χ0v) is 25.2. The Morgan fingerprint density at radius 1 is 0.951 bits per heavy atom. The molecule has 9 nitrogen and oxygen atoms in total. The molecule has 0 aliphatic heterocycles. The average Bonchev–Trinajstić information content (AvgIpc) is 2.96. The molecule has 3 aromatic carbocycles. The van der Waals surface area contributed by atoms with Crippen LogP contribution in [0.15, 0.2) is 72.8 Å². The molecule has 0 aliphatic rings. The van der Waals surface area contributed by atoms with E-state index in [1.54, 1.807) is 36.4 Å². The Morgan fingerprint density at radius 2 is 1.66 bits per heavy atom. The maximum Gasteiger partial charge on any atom is 0.244 e. The average molecular weight is 602 g/mol. The number of hydrogen-bond acceptors (Lipinski definition) is 6. The van der Waals surface area contributed by atoms with Crippen LogP contribution in [-0.2, 0) is 32.6 Å². The third-order valence-corrected chi connectivity index (χ3v) is 7.76. The number of hydrogen-bond donors (Lipinski definition) is 1. The highest BCUT2D eigenvalue weighted by Gasteiger charge is 2.33. The summed E-state index contributed by atoms with van der Waals surface area (Å²) in [5.74, 6) is -0.283. The zero-order chi connectivity index (χ0) is 30.0. The highest BCUT2D eigenvalue weighted by molar-refractivity contribution is 7.92. The highest BCUT2D eigenvalue weighted by Crippen LogP contribution is 2.34. The van der Waals surface area contributed by atoms with Gasteiger partial charge >= 0.3 is 0 Å². The topological polar surface area (TPSA) is 105 Å². The molecule has 3 rings (SSSR count). The molecule has 1 N–H and O–H groups in total. The van der Waals surface area contributed by atoms with Crippen molar-refractivity contribution in [3.8, 4) is 11.5 Å². The van der Waals surface area contributed by atoms with E-state index in [1.807, 2.05) is 37.3 Å². The van der Waals surface area contributed by atoms with Gasteiger partial charge in [-0.25, -0.2) is 8.42 Å². The minimum atomic E-state index is -3.97. The summed E-state index contributed by atoms with van der Waals surface area (Å²) in [7, 11) is -1.11. The fourth-order valence-electron chi connectivity index (χ4n) is 4.34. The molecule has 0 saturated carbocycles. The third kappa shape index (κ3) is 8.86. The van der Waals surface area contributed by atoms with Crippen LogP contribution in [0.2, 0.25) is 5.02 Å². The number of rotatable bonds is 14. The molecule has 220 valence electrons. The quantitative estimate of drug-likeness (QED) is 0.296. The number of sulfonamides is 1. The summed E-state index contributed by atoms with van der Waals surface area (Å²) in [4.78, 5) is 29.1.